The predicted octanol–water partition coefficient (Wildman–Crippen LogP) is 2.43. The zero-order valence-corrected chi connectivity index (χ0v) is 12.0. The Kier molecular flexibility index (Phi) is 4.03. The van der Waals surface area contributed by atoms with Crippen LogP contribution in [0.1, 0.15) is 21.5 Å². The Hall–Kier alpha value is -3.59. The number of hydrogen-bond donors (Lipinski definition) is 0. The van der Waals surface area contributed by atoms with Crippen molar-refractivity contribution in [3.05, 3.63) is 77.6 Å². The average molecular weight is 301 g/mol. The normalized spacial score (nSPS) is 10.6. The van der Waals surface area contributed by atoms with E-state index in [0.717, 1.165) is 5.56 Å². The molecule has 0 aliphatic heterocycles. The van der Waals surface area contributed by atoms with Crippen LogP contribution in [0.2, 0.25) is 0 Å². The quantitative estimate of drug-likeness (QED) is 0.546. The molecule has 0 amide bonds. The number of allylic oxidation sites excluding steroid dienone is 1. The van der Waals surface area contributed by atoms with Crippen LogP contribution in [-0.4, -0.2) is 26.0 Å². The maximum absolute atomic E-state index is 12.3. The van der Waals surface area contributed by atoms with Crippen LogP contribution in [0.5, 0.6) is 0 Å². The fourth-order valence-electron chi connectivity index (χ4n) is 2.02. The summed E-state index contributed by atoms with van der Waals surface area (Å²) in [7, 11) is 0. The van der Waals surface area contributed by atoms with Gasteiger partial charge in [-0.25, -0.2) is 4.68 Å². The molecule has 0 radical (unpaired) electrons. The second kappa shape index (κ2) is 6.45. The Balaban J connectivity index is 1.79. The minimum atomic E-state index is -0.121. The van der Waals surface area contributed by atoms with Gasteiger partial charge in [0.15, 0.2) is 5.78 Å². The topological polar surface area (TPSA) is 84.5 Å². The summed E-state index contributed by atoms with van der Waals surface area (Å²) in [5.74, 6) is -0.121. The molecule has 0 spiro atoms. The van der Waals surface area contributed by atoms with Crippen LogP contribution in [0, 0.1) is 11.3 Å². The molecule has 6 heteroatoms. The third-order valence-corrected chi connectivity index (χ3v) is 3.21. The molecule has 1 heterocycles. The molecule has 23 heavy (non-hydrogen) atoms. The summed E-state index contributed by atoms with van der Waals surface area (Å²) in [5.41, 5.74) is 2.70. The molecule has 0 saturated heterocycles. The highest BCUT2D eigenvalue weighted by molar-refractivity contribution is 6.07. The molecule has 3 rings (SSSR count). The summed E-state index contributed by atoms with van der Waals surface area (Å²) in [5, 5.41) is 19.7. The molecule has 0 unspecified atom stereocenters. The van der Waals surface area contributed by atoms with Gasteiger partial charge in [0.25, 0.3) is 0 Å². The van der Waals surface area contributed by atoms with Crippen molar-refractivity contribution in [1.29, 1.82) is 5.26 Å². The number of hydrogen-bond acceptors (Lipinski definition) is 5. The fraction of sp³-hybridized carbons (Fsp3) is 0. The Morgan fingerprint density at radius 2 is 2.00 bits per heavy atom. The highest BCUT2D eigenvalue weighted by atomic mass is 16.1. The second-order valence-corrected chi connectivity index (χ2v) is 4.74. The largest absolute Gasteiger partial charge is 0.289 e. The lowest BCUT2D eigenvalue weighted by Crippen LogP contribution is -1.99. The summed E-state index contributed by atoms with van der Waals surface area (Å²) in [6.07, 6.45) is 4.68. The number of carbonyl (C=O) groups is 1. The number of nitriles is 1. The molecule has 2 aromatic carbocycles. The Morgan fingerprint density at radius 3 is 2.70 bits per heavy atom. The van der Waals surface area contributed by atoms with Crippen LogP contribution >= 0.6 is 0 Å². The standard InChI is InChI=1S/C17H11N5O/c18-11-14-6-4-13(5-7-14)8-9-17(23)15-2-1-3-16(10-15)22-12-19-20-21-22/h1-10,12H/b9-8+. The molecule has 6 nitrogen and oxygen atoms in total. The van der Waals surface area contributed by atoms with Gasteiger partial charge in [-0.3, -0.25) is 4.79 Å². The molecule has 110 valence electrons. The van der Waals surface area contributed by atoms with Crippen molar-refractivity contribution in [2.24, 2.45) is 0 Å². The van der Waals surface area contributed by atoms with E-state index in [0.29, 0.717) is 16.8 Å². The van der Waals surface area contributed by atoms with Crippen LogP contribution in [-0.2, 0) is 0 Å². The number of carbonyl (C=O) groups excluding carboxylic acids is 1. The van der Waals surface area contributed by atoms with Gasteiger partial charge in [0.05, 0.1) is 17.3 Å². The third kappa shape index (κ3) is 3.36. The van der Waals surface area contributed by atoms with Gasteiger partial charge in [-0.15, -0.1) is 5.10 Å². The number of rotatable bonds is 4. The van der Waals surface area contributed by atoms with E-state index in [1.165, 1.54) is 17.1 Å². The first-order valence-corrected chi connectivity index (χ1v) is 6.82. The summed E-state index contributed by atoms with van der Waals surface area (Å²) in [6, 6.07) is 16.1. The zero-order chi connectivity index (χ0) is 16.1. The molecule has 0 bridgehead atoms. The smallest absolute Gasteiger partial charge is 0.185 e. The number of nitrogens with zero attached hydrogens (tertiary/aromatic N) is 5. The van der Waals surface area contributed by atoms with E-state index in [9.17, 15) is 4.79 Å². The summed E-state index contributed by atoms with van der Waals surface area (Å²) < 4.78 is 1.49. The molecule has 3 aromatic rings. The number of tetrazole rings is 1. The molecule has 0 aliphatic rings. The van der Waals surface area contributed by atoms with E-state index in [2.05, 4.69) is 21.6 Å². The Bertz CT molecular complexity index is 889. The zero-order valence-electron chi connectivity index (χ0n) is 12.0. The molecule has 0 saturated carbocycles. The van der Waals surface area contributed by atoms with E-state index in [-0.39, 0.29) is 5.78 Å². The van der Waals surface area contributed by atoms with E-state index in [1.807, 2.05) is 6.07 Å². The maximum Gasteiger partial charge on any atom is 0.185 e. The van der Waals surface area contributed by atoms with Crippen LogP contribution in [0.4, 0.5) is 0 Å². The monoisotopic (exact) mass is 301 g/mol. The lowest BCUT2D eigenvalue weighted by Gasteiger charge is -2.01. The highest BCUT2D eigenvalue weighted by Gasteiger charge is 2.05. The van der Waals surface area contributed by atoms with Crippen molar-refractivity contribution >= 4 is 11.9 Å². The molecular weight excluding hydrogens is 290 g/mol. The van der Waals surface area contributed by atoms with Gasteiger partial charge >= 0.3 is 0 Å². The van der Waals surface area contributed by atoms with Gasteiger partial charge in [0.2, 0.25) is 0 Å². The van der Waals surface area contributed by atoms with Crippen molar-refractivity contribution in [2.75, 3.05) is 0 Å². The van der Waals surface area contributed by atoms with Gasteiger partial charge in [-0.2, -0.15) is 5.26 Å². The van der Waals surface area contributed by atoms with Gasteiger partial charge in [-0.05, 0) is 46.3 Å². The van der Waals surface area contributed by atoms with Gasteiger partial charge in [0.1, 0.15) is 6.33 Å². The van der Waals surface area contributed by atoms with Crippen LogP contribution in [0.15, 0.2) is 60.9 Å². The van der Waals surface area contributed by atoms with E-state index in [4.69, 9.17) is 5.26 Å². The molecular formula is C17H11N5O. The first kappa shape index (κ1) is 14.4. The predicted molar refractivity (Wildman–Crippen MR) is 83.7 cm³/mol. The van der Waals surface area contributed by atoms with Crippen LogP contribution < -0.4 is 0 Å². The van der Waals surface area contributed by atoms with Crippen LogP contribution in [0.25, 0.3) is 11.8 Å². The lowest BCUT2D eigenvalue weighted by atomic mass is 10.1. The van der Waals surface area contributed by atoms with Gasteiger partial charge in [0, 0.05) is 5.56 Å². The second-order valence-electron chi connectivity index (χ2n) is 4.74. The Morgan fingerprint density at radius 1 is 1.17 bits per heavy atom. The number of ketones is 1. The molecule has 0 atom stereocenters. The van der Waals surface area contributed by atoms with Crippen molar-refractivity contribution in [2.45, 2.75) is 0 Å². The van der Waals surface area contributed by atoms with Crippen molar-refractivity contribution in [3.8, 4) is 11.8 Å². The minimum absolute atomic E-state index is 0.121. The Labute approximate surface area is 132 Å². The SMILES string of the molecule is N#Cc1ccc(/C=C/C(=O)c2cccc(-n3cnnn3)c2)cc1. The minimum Gasteiger partial charge on any atom is -0.289 e. The maximum atomic E-state index is 12.3. The van der Waals surface area contributed by atoms with E-state index >= 15 is 0 Å². The highest BCUT2D eigenvalue weighted by Crippen LogP contribution is 2.11. The summed E-state index contributed by atoms with van der Waals surface area (Å²) in [6.45, 7) is 0. The number of aromatic nitrogens is 4. The first-order valence-electron chi connectivity index (χ1n) is 6.82. The van der Waals surface area contributed by atoms with E-state index in [1.54, 1.807) is 48.5 Å². The molecule has 0 aliphatic carbocycles. The fourth-order valence-corrected chi connectivity index (χ4v) is 2.02. The number of benzene rings is 2. The summed E-state index contributed by atoms with van der Waals surface area (Å²) >= 11 is 0. The molecule has 0 fully saturated rings. The lowest BCUT2D eigenvalue weighted by molar-refractivity contribution is 0.104. The summed E-state index contributed by atoms with van der Waals surface area (Å²) in [4.78, 5) is 12.3. The van der Waals surface area contributed by atoms with Crippen LogP contribution in [0.3, 0.4) is 0 Å². The molecule has 1 aromatic heterocycles. The molecule has 0 N–H and O–H groups in total. The third-order valence-electron chi connectivity index (χ3n) is 3.21. The average Bonchev–Trinajstić information content (AvgIpc) is 3.15. The van der Waals surface area contributed by atoms with Gasteiger partial charge in [-0.1, -0.05) is 30.3 Å². The van der Waals surface area contributed by atoms with Crippen molar-refractivity contribution in [3.63, 3.8) is 0 Å². The first-order chi connectivity index (χ1) is 11.3. The van der Waals surface area contributed by atoms with Crippen molar-refractivity contribution in [1.82, 2.24) is 20.2 Å². The van der Waals surface area contributed by atoms with E-state index < -0.39 is 0 Å². The van der Waals surface area contributed by atoms with Crippen molar-refractivity contribution < 1.29 is 4.79 Å². The van der Waals surface area contributed by atoms with Gasteiger partial charge < -0.3 is 0 Å².